The fraction of sp³-hybridized carbons (Fsp3) is 0.500. The van der Waals surface area contributed by atoms with Gasteiger partial charge in [-0.2, -0.15) is 0 Å². The van der Waals surface area contributed by atoms with Crippen LogP contribution in [0.15, 0.2) is 24.3 Å². The van der Waals surface area contributed by atoms with Gasteiger partial charge < -0.3 is 5.32 Å². The molecule has 1 fully saturated rings. The molecule has 80 valence electrons. The summed E-state index contributed by atoms with van der Waals surface area (Å²) in [5, 5.41) is 3.54. The molecule has 2 bridgehead atoms. The minimum absolute atomic E-state index is 0.0438. The number of hydrogen-bond donors (Lipinski definition) is 1. The van der Waals surface area contributed by atoms with E-state index in [0.717, 1.165) is 17.9 Å². The summed E-state index contributed by atoms with van der Waals surface area (Å²) in [5.74, 6) is 2.12. The quantitative estimate of drug-likeness (QED) is 0.727. The van der Waals surface area contributed by atoms with Gasteiger partial charge in [0.2, 0.25) is 0 Å². The molecule has 1 N–H and O–H groups in total. The minimum Gasteiger partial charge on any atom is -0.379 e. The zero-order valence-electron chi connectivity index (χ0n) is 8.82. The Hall–Kier alpha value is -0.830. The molecule has 2 aliphatic heterocycles. The SMILES string of the molecule is CC12CC(CS(=O)C1)c1ccccc1N2. The predicted octanol–water partition coefficient (Wildman–Crippen LogP) is 2.11. The first-order valence-corrected chi connectivity index (χ1v) is 6.87. The van der Waals surface area contributed by atoms with Crippen LogP contribution in [-0.4, -0.2) is 21.3 Å². The first-order chi connectivity index (χ1) is 7.16. The highest BCUT2D eigenvalue weighted by molar-refractivity contribution is 7.85. The monoisotopic (exact) mass is 221 g/mol. The van der Waals surface area contributed by atoms with Gasteiger partial charge in [0.25, 0.3) is 0 Å². The van der Waals surface area contributed by atoms with Crippen LogP contribution in [0.25, 0.3) is 0 Å². The molecule has 3 unspecified atom stereocenters. The zero-order valence-corrected chi connectivity index (χ0v) is 9.64. The van der Waals surface area contributed by atoms with Gasteiger partial charge in [0, 0.05) is 33.5 Å². The van der Waals surface area contributed by atoms with Crippen LogP contribution in [0.1, 0.15) is 24.8 Å². The van der Waals surface area contributed by atoms with E-state index in [1.807, 2.05) is 0 Å². The van der Waals surface area contributed by atoms with Gasteiger partial charge in [0.05, 0.1) is 0 Å². The van der Waals surface area contributed by atoms with E-state index in [1.54, 1.807) is 0 Å². The van der Waals surface area contributed by atoms with E-state index in [9.17, 15) is 4.21 Å². The van der Waals surface area contributed by atoms with Crippen LogP contribution < -0.4 is 5.32 Å². The number of hydrogen-bond acceptors (Lipinski definition) is 2. The topological polar surface area (TPSA) is 29.1 Å². The molecule has 0 saturated carbocycles. The molecule has 2 aliphatic rings. The van der Waals surface area contributed by atoms with Gasteiger partial charge in [-0.25, -0.2) is 0 Å². The molecule has 3 rings (SSSR count). The van der Waals surface area contributed by atoms with Crippen LogP contribution in [0.5, 0.6) is 0 Å². The third-order valence-electron chi connectivity index (χ3n) is 3.40. The average molecular weight is 221 g/mol. The highest BCUT2D eigenvalue weighted by atomic mass is 32.2. The Morgan fingerprint density at radius 1 is 1.47 bits per heavy atom. The number of rotatable bonds is 0. The molecule has 2 nitrogen and oxygen atoms in total. The van der Waals surface area contributed by atoms with Crippen LogP contribution in [0.3, 0.4) is 0 Å². The maximum Gasteiger partial charge on any atom is 0.0466 e. The molecule has 0 aromatic heterocycles. The maximum absolute atomic E-state index is 11.8. The fourth-order valence-electron chi connectivity index (χ4n) is 2.88. The molecule has 1 saturated heterocycles. The van der Waals surface area contributed by atoms with Crippen LogP contribution in [0.4, 0.5) is 5.69 Å². The Morgan fingerprint density at radius 3 is 3.13 bits per heavy atom. The van der Waals surface area contributed by atoms with Gasteiger partial charge in [-0.3, -0.25) is 4.21 Å². The van der Waals surface area contributed by atoms with Crippen LogP contribution in [0.2, 0.25) is 0 Å². The summed E-state index contributed by atoms with van der Waals surface area (Å²) in [6, 6.07) is 8.43. The van der Waals surface area contributed by atoms with Crippen molar-refractivity contribution in [1.29, 1.82) is 0 Å². The maximum atomic E-state index is 11.8. The van der Waals surface area contributed by atoms with Gasteiger partial charge >= 0.3 is 0 Å². The molecule has 0 radical (unpaired) electrons. The summed E-state index contributed by atoms with van der Waals surface area (Å²) in [4.78, 5) is 0. The summed E-state index contributed by atoms with van der Waals surface area (Å²) in [6.07, 6.45) is 1.12. The van der Waals surface area contributed by atoms with Crippen molar-refractivity contribution < 1.29 is 4.21 Å². The zero-order chi connectivity index (χ0) is 10.5. The Morgan fingerprint density at radius 2 is 2.27 bits per heavy atom. The smallest absolute Gasteiger partial charge is 0.0466 e. The highest BCUT2D eigenvalue weighted by Crippen LogP contribution is 2.42. The molecule has 0 aliphatic carbocycles. The molecule has 3 atom stereocenters. The van der Waals surface area contributed by atoms with Gasteiger partial charge in [0.15, 0.2) is 0 Å². The number of benzene rings is 1. The van der Waals surface area contributed by atoms with Crippen molar-refractivity contribution in [2.24, 2.45) is 0 Å². The van der Waals surface area contributed by atoms with Crippen molar-refractivity contribution >= 4 is 16.5 Å². The van der Waals surface area contributed by atoms with E-state index in [4.69, 9.17) is 0 Å². The molecule has 15 heavy (non-hydrogen) atoms. The normalized spacial score (nSPS) is 37.9. The largest absolute Gasteiger partial charge is 0.379 e. The lowest BCUT2D eigenvalue weighted by Crippen LogP contribution is -2.49. The lowest BCUT2D eigenvalue weighted by Gasteiger charge is -2.44. The van der Waals surface area contributed by atoms with E-state index in [2.05, 4.69) is 36.5 Å². The first kappa shape index (κ1) is 9.40. The van der Waals surface area contributed by atoms with Gasteiger partial charge in [-0.1, -0.05) is 18.2 Å². The third-order valence-corrected chi connectivity index (χ3v) is 5.13. The Kier molecular flexibility index (Phi) is 1.93. The third kappa shape index (κ3) is 1.49. The van der Waals surface area contributed by atoms with Crippen molar-refractivity contribution in [2.75, 3.05) is 16.8 Å². The second-order valence-electron chi connectivity index (χ2n) is 4.92. The second kappa shape index (κ2) is 3.08. The molecule has 3 heteroatoms. The van der Waals surface area contributed by atoms with Crippen molar-refractivity contribution in [3.63, 3.8) is 0 Å². The summed E-state index contributed by atoms with van der Waals surface area (Å²) >= 11 is 0. The molecule has 1 aromatic carbocycles. The molecular formula is C12H15NOS. The second-order valence-corrected chi connectivity index (χ2v) is 6.43. The standard InChI is InChI=1S/C12H15NOS/c1-12-6-9(7-15(14)8-12)10-4-2-3-5-11(10)13-12/h2-5,9,13H,6-8H2,1H3. The van der Waals surface area contributed by atoms with Crippen molar-refractivity contribution in [1.82, 2.24) is 0 Å². The number of para-hydroxylation sites is 1. The molecule has 0 spiro atoms. The van der Waals surface area contributed by atoms with Gasteiger partial charge in [0.1, 0.15) is 0 Å². The molecule has 2 heterocycles. The van der Waals surface area contributed by atoms with E-state index >= 15 is 0 Å². The van der Waals surface area contributed by atoms with Gasteiger partial charge in [-0.05, 0) is 30.9 Å². The first-order valence-electron chi connectivity index (χ1n) is 5.38. The lowest BCUT2D eigenvalue weighted by molar-refractivity contribution is 0.441. The number of anilines is 1. The van der Waals surface area contributed by atoms with E-state index in [0.29, 0.717) is 5.92 Å². The van der Waals surface area contributed by atoms with Crippen molar-refractivity contribution in [2.45, 2.75) is 24.8 Å². The lowest BCUT2D eigenvalue weighted by atomic mass is 9.81. The molecule has 1 aromatic rings. The van der Waals surface area contributed by atoms with E-state index in [-0.39, 0.29) is 5.54 Å². The summed E-state index contributed by atoms with van der Waals surface area (Å²) in [5.41, 5.74) is 2.64. The Balaban J connectivity index is 2.10. The summed E-state index contributed by atoms with van der Waals surface area (Å²) in [7, 11) is -0.658. The summed E-state index contributed by atoms with van der Waals surface area (Å²) < 4.78 is 11.8. The van der Waals surface area contributed by atoms with Crippen LogP contribution in [-0.2, 0) is 10.8 Å². The van der Waals surface area contributed by atoms with Crippen molar-refractivity contribution in [3.05, 3.63) is 29.8 Å². The van der Waals surface area contributed by atoms with Crippen molar-refractivity contribution in [3.8, 4) is 0 Å². The Labute approximate surface area is 92.5 Å². The summed E-state index contributed by atoms with van der Waals surface area (Å²) in [6.45, 7) is 2.19. The highest BCUT2D eigenvalue weighted by Gasteiger charge is 2.40. The Bertz CT molecular complexity index is 431. The van der Waals surface area contributed by atoms with E-state index in [1.165, 1.54) is 11.3 Å². The number of fused-ring (bicyclic) bond motifs is 4. The number of nitrogens with one attached hydrogen (secondary N) is 1. The fourth-order valence-corrected chi connectivity index (χ4v) is 4.64. The van der Waals surface area contributed by atoms with Crippen LogP contribution >= 0.6 is 0 Å². The molecule has 0 amide bonds. The van der Waals surface area contributed by atoms with E-state index < -0.39 is 10.8 Å². The molecular weight excluding hydrogens is 206 g/mol. The van der Waals surface area contributed by atoms with Crippen LogP contribution in [0, 0.1) is 0 Å². The average Bonchev–Trinajstić information content (AvgIpc) is 2.15. The minimum atomic E-state index is -0.658. The predicted molar refractivity (Wildman–Crippen MR) is 63.7 cm³/mol. The van der Waals surface area contributed by atoms with Gasteiger partial charge in [-0.15, -0.1) is 0 Å².